The molecule has 13 nitrogen and oxygen atoms in total. The van der Waals surface area contributed by atoms with Gasteiger partial charge in [0.15, 0.2) is 0 Å². The van der Waals surface area contributed by atoms with Crippen LogP contribution in [-0.2, 0) is 14.3 Å². The number of nitrogens with zero attached hydrogens (tertiary/aromatic N) is 2. The van der Waals surface area contributed by atoms with Crippen LogP contribution in [0.5, 0.6) is 0 Å². The topological polar surface area (TPSA) is 182 Å². The number of amides is 4. The first kappa shape index (κ1) is 26.6. The van der Waals surface area contributed by atoms with Crippen molar-refractivity contribution in [3.8, 4) is 0 Å². The van der Waals surface area contributed by atoms with E-state index in [1.54, 1.807) is 18.3 Å². The maximum absolute atomic E-state index is 12.1. The Bertz CT molecular complexity index is 825. The largest absolute Gasteiger partial charge is 0.480 e. The first-order valence-corrected chi connectivity index (χ1v) is 11.1. The molecule has 3 unspecified atom stereocenters. The number of pyridine rings is 1. The van der Waals surface area contributed by atoms with Crippen molar-refractivity contribution in [2.75, 3.05) is 38.1 Å². The highest BCUT2D eigenvalue weighted by molar-refractivity contribution is 5.84. The quantitative estimate of drug-likeness (QED) is 0.216. The van der Waals surface area contributed by atoms with E-state index in [4.69, 9.17) is 4.74 Å². The van der Waals surface area contributed by atoms with Gasteiger partial charge in [-0.05, 0) is 25.0 Å². The molecule has 4 amide bonds. The third kappa shape index (κ3) is 9.10. The van der Waals surface area contributed by atoms with E-state index in [9.17, 15) is 29.4 Å². The minimum atomic E-state index is -1.30. The normalized spacial score (nSPS) is 18.1. The van der Waals surface area contributed by atoms with E-state index in [1.807, 2.05) is 13.0 Å². The van der Waals surface area contributed by atoms with Crippen molar-refractivity contribution in [2.24, 2.45) is 0 Å². The SMILES string of the molecule is CCCCNC(=O)NC(CNC(=O)COC1CC(CNc2ccccn2)N(C(=O)O)C1)C(=O)O. The molecule has 0 spiro atoms. The van der Waals surface area contributed by atoms with Gasteiger partial charge in [-0.2, -0.15) is 0 Å². The molecule has 188 valence electrons. The van der Waals surface area contributed by atoms with Gasteiger partial charge in [-0.1, -0.05) is 19.4 Å². The van der Waals surface area contributed by atoms with E-state index >= 15 is 0 Å². The number of urea groups is 1. The Labute approximate surface area is 197 Å². The molecule has 1 saturated heterocycles. The summed E-state index contributed by atoms with van der Waals surface area (Å²) in [7, 11) is 0. The van der Waals surface area contributed by atoms with Crippen molar-refractivity contribution in [2.45, 2.75) is 44.4 Å². The second-order valence-electron chi connectivity index (χ2n) is 7.80. The fraction of sp³-hybridized carbons (Fsp3) is 0.571. The van der Waals surface area contributed by atoms with E-state index in [0.717, 1.165) is 12.8 Å². The Hall–Kier alpha value is -3.61. The van der Waals surface area contributed by atoms with Crippen LogP contribution in [0.25, 0.3) is 0 Å². The summed E-state index contributed by atoms with van der Waals surface area (Å²) in [6, 6.07) is 3.06. The molecular formula is C21H32N6O7. The lowest BCUT2D eigenvalue weighted by molar-refractivity contribution is -0.139. The standard InChI is InChI=1S/C21H32N6O7/c1-2-3-7-23-20(31)26-16(19(29)30)11-25-18(28)13-34-15-9-14(27(12-15)21(32)33)10-24-17-6-4-5-8-22-17/h4-6,8,14-16H,2-3,7,9-13H2,1H3,(H,22,24)(H,25,28)(H,29,30)(H,32,33)(H2,23,26,31). The first-order chi connectivity index (χ1) is 16.3. The molecule has 0 saturated carbocycles. The third-order valence-corrected chi connectivity index (χ3v) is 5.18. The molecule has 1 fully saturated rings. The van der Waals surface area contributed by atoms with Gasteiger partial charge in [0.05, 0.1) is 18.7 Å². The van der Waals surface area contributed by atoms with Gasteiger partial charge < -0.3 is 41.1 Å². The highest BCUT2D eigenvalue weighted by Crippen LogP contribution is 2.21. The minimum absolute atomic E-state index is 0.106. The number of likely N-dealkylation sites (tertiary alicyclic amines) is 1. The van der Waals surface area contributed by atoms with Gasteiger partial charge >= 0.3 is 18.1 Å². The molecule has 1 aliphatic rings. The molecular weight excluding hydrogens is 448 g/mol. The number of hydrogen-bond acceptors (Lipinski definition) is 7. The van der Waals surface area contributed by atoms with Gasteiger partial charge in [0.1, 0.15) is 18.5 Å². The molecule has 2 rings (SSSR count). The van der Waals surface area contributed by atoms with Crippen LogP contribution in [0.4, 0.5) is 15.4 Å². The van der Waals surface area contributed by atoms with E-state index in [0.29, 0.717) is 25.3 Å². The van der Waals surface area contributed by atoms with Gasteiger partial charge in [-0.25, -0.2) is 19.4 Å². The summed E-state index contributed by atoms with van der Waals surface area (Å²) in [5, 5.41) is 29.1. The van der Waals surface area contributed by atoms with Crippen molar-refractivity contribution in [1.29, 1.82) is 0 Å². The van der Waals surface area contributed by atoms with E-state index in [-0.39, 0.29) is 25.7 Å². The Morgan fingerprint density at radius 3 is 2.68 bits per heavy atom. The van der Waals surface area contributed by atoms with Gasteiger partial charge in [0, 0.05) is 25.8 Å². The maximum atomic E-state index is 12.1. The van der Waals surface area contributed by atoms with Crippen molar-refractivity contribution in [1.82, 2.24) is 25.8 Å². The number of aromatic nitrogens is 1. The molecule has 1 aromatic heterocycles. The molecule has 0 aliphatic carbocycles. The number of hydrogen-bond donors (Lipinski definition) is 6. The Morgan fingerprint density at radius 2 is 2.03 bits per heavy atom. The predicted molar refractivity (Wildman–Crippen MR) is 121 cm³/mol. The number of carbonyl (C=O) groups excluding carboxylic acids is 2. The zero-order valence-corrected chi connectivity index (χ0v) is 19.0. The second kappa shape index (κ2) is 13.8. The lowest BCUT2D eigenvalue weighted by Gasteiger charge is -2.21. The number of unbranched alkanes of at least 4 members (excludes halogenated alkanes) is 1. The van der Waals surface area contributed by atoms with Gasteiger partial charge in [-0.15, -0.1) is 0 Å². The molecule has 3 atom stereocenters. The Kier molecular flexibility index (Phi) is 10.8. The summed E-state index contributed by atoms with van der Waals surface area (Å²) in [6.45, 7) is 2.13. The van der Waals surface area contributed by atoms with Crippen molar-refractivity contribution in [3.63, 3.8) is 0 Å². The number of anilines is 1. The number of carboxylic acid groups (broad SMARTS) is 2. The number of carbonyl (C=O) groups is 4. The van der Waals surface area contributed by atoms with E-state index < -0.39 is 36.1 Å². The highest BCUT2D eigenvalue weighted by Gasteiger charge is 2.36. The number of nitrogens with one attached hydrogen (secondary N) is 4. The zero-order chi connectivity index (χ0) is 24.9. The maximum Gasteiger partial charge on any atom is 0.407 e. The minimum Gasteiger partial charge on any atom is -0.480 e. The number of carboxylic acids is 1. The summed E-state index contributed by atoms with van der Waals surface area (Å²) in [4.78, 5) is 52.2. The van der Waals surface area contributed by atoms with Crippen LogP contribution in [0.1, 0.15) is 26.2 Å². The first-order valence-electron chi connectivity index (χ1n) is 11.1. The number of aliphatic carboxylic acids is 1. The molecule has 0 aromatic carbocycles. The lowest BCUT2D eigenvalue weighted by atomic mass is 10.2. The molecule has 6 N–H and O–H groups in total. The van der Waals surface area contributed by atoms with Crippen molar-refractivity contribution < 1.29 is 34.1 Å². The average molecular weight is 481 g/mol. The molecule has 1 aliphatic heterocycles. The van der Waals surface area contributed by atoms with Crippen LogP contribution in [0.15, 0.2) is 24.4 Å². The molecule has 13 heteroatoms. The van der Waals surface area contributed by atoms with Crippen molar-refractivity contribution in [3.05, 3.63) is 24.4 Å². The van der Waals surface area contributed by atoms with Gasteiger partial charge in [0.2, 0.25) is 5.91 Å². The zero-order valence-electron chi connectivity index (χ0n) is 19.0. The Morgan fingerprint density at radius 1 is 1.24 bits per heavy atom. The van der Waals surface area contributed by atoms with Gasteiger partial charge in [-0.3, -0.25) is 4.79 Å². The third-order valence-electron chi connectivity index (χ3n) is 5.18. The van der Waals surface area contributed by atoms with Crippen LogP contribution >= 0.6 is 0 Å². The predicted octanol–water partition coefficient (Wildman–Crippen LogP) is 0.300. The van der Waals surface area contributed by atoms with Crippen LogP contribution in [0.3, 0.4) is 0 Å². The smallest absolute Gasteiger partial charge is 0.407 e. The van der Waals surface area contributed by atoms with Crippen LogP contribution in [0, 0.1) is 0 Å². The van der Waals surface area contributed by atoms with Crippen LogP contribution in [-0.4, -0.2) is 95.1 Å². The second-order valence-corrected chi connectivity index (χ2v) is 7.80. The van der Waals surface area contributed by atoms with Crippen molar-refractivity contribution >= 4 is 29.8 Å². The number of rotatable bonds is 13. The molecule has 0 radical (unpaired) electrons. The summed E-state index contributed by atoms with van der Waals surface area (Å²) in [5.74, 6) is -1.24. The summed E-state index contributed by atoms with van der Waals surface area (Å²) >= 11 is 0. The summed E-state index contributed by atoms with van der Waals surface area (Å²) in [6.07, 6.45) is 2.08. The van der Waals surface area contributed by atoms with Crippen LogP contribution < -0.4 is 21.3 Å². The average Bonchev–Trinajstić information content (AvgIpc) is 3.23. The molecule has 0 bridgehead atoms. The molecule has 34 heavy (non-hydrogen) atoms. The lowest BCUT2D eigenvalue weighted by Crippen LogP contribution is -2.52. The summed E-state index contributed by atoms with van der Waals surface area (Å²) < 4.78 is 5.56. The van der Waals surface area contributed by atoms with Crippen LogP contribution in [0.2, 0.25) is 0 Å². The highest BCUT2D eigenvalue weighted by atomic mass is 16.5. The monoisotopic (exact) mass is 480 g/mol. The molecule has 1 aromatic rings. The molecule has 2 heterocycles. The van der Waals surface area contributed by atoms with Gasteiger partial charge in [0.25, 0.3) is 0 Å². The van der Waals surface area contributed by atoms with E-state index in [1.165, 1.54) is 4.90 Å². The van der Waals surface area contributed by atoms with E-state index in [2.05, 4.69) is 26.3 Å². The Balaban J connectivity index is 1.75. The summed E-state index contributed by atoms with van der Waals surface area (Å²) in [5.41, 5.74) is 0. The fourth-order valence-corrected chi connectivity index (χ4v) is 3.36. The number of ether oxygens (including phenoxy) is 1. The fourth-order valence-electron chi connectivity index (χ4n) is 3.36.